The molecular formula is C38H50Si. The molecule has 1 aliphatic rings. The first-order valence-electron chi connectivity index (χ1n) is 14.8. The van der Waals surface area contributed by atoms with Crippen LogP contribution >= 0.6 is 0 Å². The van der Waals surface area contributed by atoms with Crippen molar-refractivity contribution in [2.75, 3.05) is 0 Å². The van der Waals surface area contributed by atoms with Crippen molar-refractivity contribution in [3.63, 3.8) is 0 Å². The van der Waals surface area contributed by atoms with Crippen molar-refractivity contribution < 1.29 is 0 Å². The third-order valence-electron chi connectivity index (χ3n) is 8.24. The van der Waals surface area contributed by atoms with E-state index in [1.165, 1.54) is 44.5 Å². The Morgan fingerprint density at radius 2 is 1.00 bits per heavy atom. The Balaban J connectivity index is 1.91. The molecule has 3 aromatic carbocycles. The maximum absolute atomic E-state index is 2.57. The van der Waals surface area contributed by atoms with Crippen molar-refractivity contribution in [2.45, 2.75) is 100 Å². The second-order valence-corrected chi connectivity index (χ2v) is 17.5. The van der Waals surface area contributed by atoms with Gasteiger partial charge in [-0.25, -0.2) is 0 Å². The Morgan fingerprint density at radius 3 is 1.36 bits per heavy atom. The van der Waals surface area contributed by atoms with Crippen LogP contribution in [0.1, 0.15) is 101 Å². The Bertz CT molecular complexity index is 1320. The molecule has 0 aromatic heterocycles. The van der Waals surface area contributed by atoms with E-state index in [9.17, 15) is 0 Å². The summed E-state index contributed by atoms with van der Waals surface area (Å²) in [6.07, 6.45) is 3.63. The van der Waals surface area contributed by atoms with E-state index in [1.807, 2.05) is 0 Å². The van der Waals surface area contributed by atoms with Gasteiger partial charge in [0.05, 0.1) is 0 Å². The SMILES string of the molecule is Cc1cc(C)cc([SiH](C2=C(C(C)C)C=C(c3cc(C(C)(C)C)cc(C(C)(C)C)c3)C2)c2cc(C)cc(C)c2)c1. The summed E-state index contributed by atoms with van der Waals surface area (Å²) in [6.45, 7) is 27.8. The maximum atomic E-state index is 2.57. The lowest BCUT2D eigenvalue weighted by atomic mass is 9.79. The highest BCUT2D eigenvalue weighted by atomic mass is 28.3. The van der Waals surface area contributed by atoms with Crippen LogP contribution in [0.2, 0.25) is 0 Å². The van der Waals surface area contributed by atoms with E-state index >= 15 is 0 Å². The number of hydrogen-bond acceptors (Lipinski definition) is 0. The molecular weight excluding hydrogens is 485 g/mol. The lowest BCUT2D eigenvalue weighted by Crippen LogP contribution is -2.45. The van der Waals surface area contributed by atoms with Crippen LogP contribution < -0.4 is 10.4 Å². The lowest BCUT2D eigenvalue weighted by molar-refractivity contribution is 0.568. The van der Waals surface area contributed by atoms with Crippen molar-refractivity contribution in [2.24, 2.45) is 5.92 Å². The molecule has 0 saturated carbocycles. The van der Waals surface area contributed by atoms with Crippen molar-refractivity contribution in [1.82, 2.24) is 0 Å². The zero-order valence-electron chi connectivity index (χ0n) is 26.6. The smallest absolute Gasteiger partial charge is 0.0665 e. The molecule has 0 aliphatic heterocycles. The average Bonchev–Trinajstić information content (AvgIpc) is 3.22. The van der Waals surface area contributed by atoms with E-state index in [2.05, 4.69) is 144 Å². The molecule has 1 heteroatoms. The zero-order chi connectivity index (χ0) is 28.9. The molecule has 0 heterocycles. The highest BCUT2D eigenvalue weighted by Crippen LogP contribution is 2.40. The minimum atomic E-state index is -1.66. The molecule has 0 fully saturated rings. The van der Waals surface area contributed by atoms with Gasteiger partial charge in [-0.1, -0.05) is 154 Å². The molecule has 0 unspecified atom stereocenters. The standard InChI is InChI=1S/C38H50Si/c1-24(2)35-21-30(29-19-31(37(7,8)9)23-32(20-29)38(10,11)12)22-36(35)39(33-15-25(3)13-26(4)16-33)34-17-27(5)14-28(6)18-34/h13-21,23-24,39H,22H2,1-12H3. The van der Waals surface area contributed by atoms with Gasteiger partial charge in [-0.05, 0) is 78.7 Å². The summed E-state index contributed by atoms with van der Waals surface area (Å²) in [7, 11) is -1.66. The van der Waals surface area contributed by atoms with Crippen LogP contribution in [-0.2, 0) is 10.8 Å². The molecule has 0 N–H and O–H groups in total. The second-order valence-electron chi connectivity index (χ2n) is 14.6. The van der Waals surface area contributed by atoms with Gasteiger partial charge in [0.25, 0.3) is 0 Å². The van der Waals surface area contributed by atoms with Crippen LogP contribution in [0.25, 0.3) is 5.57 Å². The predicted molar refractivity (Wildman–Crippen MR) is 177 cm³/mol. The maximum Gasteiger partial charge on any atom is 0.129 e. The van der Waals surface area contributed by atoms with Gasteiger partial charge >= 0.3 is 0 Å². The van der Waals surface area contributed by atoms with Gasteiger partial charge in [-0.2, -0.15) is 0 Å². The van der Waals surface area contributed by atoms with Gasteiger partial charge in [-0.15, -0.1) is 0 Å². The summed E-state index contributed by atoms with van der Waals surface area (Å²) in [6, 6.07) is 21.9. The van der Waals surface area contributed by atoms with E-state index in [0.717, 1.165) is 6.42 Å². The average molecular weight is 535 g/mol. The first-order chi connectivity index (χ1) is 18.0. The van der Waals surface area contributed by atoms with Crippen LogP contribution in [0.3, 0.4) is 0 Å². The fourth-order valence-corrected chi connectivity index (χ4v) is 10.3. The highest BCUT2D eigenvalue weighted by molar-refractivity contribution is 6.91. The fraction of sp³-hybridized carbons (Fsp3) is 0.421. The topological polar surface area (TPSA) is 0 Å². The monoisotopic (exact) mass is 534 g/mol. The quantitative estimate of drug-likeness (QED) is 0.287. The van der Waals surface area contributed by atoms with Crippen molar-refractivity contribution >= 4 is 24.7 Å². The molecule has 0 atom stereocenters. The molecule has 4 rings (SSSR count). The third kappa shape index (κ3) is 6.57. The first kappa shape index (κ1) is 29.3. The van der Waals surface area contributed by atoms with Crippen LogP contribution in [-0.4, -0.2) is 8.80 Å². The number of aryl methyl sites for hydroxylation is 4. The normalized spacial score (nSPS) is 14.6. The van der Waals surface area contributed by atoms with Crippen molar-refractivity contribution in [1.29, 1.82) is 0 Å². The minimum absolute atomic E-state index is 0.113. The summed E-state index contributed by atoms with van der Waals surface area (Å²) in [5, 5.41) is 4.81. The summed E-state index contributed by atoms with van der Waals surface area (Å²) in [5.41, 5.74) is 13.1. The molecule has 0 saturated heterocycles. The Kier molecular flexibility index (Phi) is 8.08. The van der Waals surface area contributed by atoms with E-state index in [4.69, 9.17) is 0 Å². The van der Waals surface area contributed by atoms with E-state index in [-0.39, 0.29) is 10.8 Å². The molecule has 0 bridgehead atoms. The molecule has 0 spiro atoms. The third-order valence-corrected chi connectivity index (χ3v) is 11.5. The van der Waals surface area contributed by atoms with Gasteiger partial charge in [0.2, 0.25) is 0 Å². The van der Waals surface area contributed by atoms with Crippen LogP contribution in [0.5, 0.6) is 0 Å². The van der Waals surface area contributed by atoms with E-state index < -0.39 is 8.80 Å². The van der Waals surface area contributed by atoms with Gasteiger partial charge in [-0.3, -0.25) is 0 Å². The van der Waals surface area contributed by atoms with Crippen LogP contribution in [0, 0.1) is 33.6 Å². The number of hydrogen-bond donors (Lipinski definition) is 0. The largest absolute Gasteiger partial charge is 0.129 e. The predicted octanol–water partition coefficient (Wildman–Crippen LogP) is 8.84. The van der Waals surface area contributed by atoms with E-state index in [0.29, 0.717) is 5.92 Å². The number of allylic oxidation sites excluding steroid dienone is 4. The first-order valence-corrected chi connectivity index (χ1v) is 16.5. The van der Waals surface area contributed by atoms with Gasteiger partial charge in [0, 0.05) is 0 Å². The summed E-state index contributed by atoms with van der Waals surface area (Å²) < 4.78 is 0. The lowest BCUT2D eigenvalue weighted by Gasteiger charge is -2.27. The van der Waals surface area contributed by atoms with Gasteiger partial charge in [0.15, 0.2) is 0 Å². The minimum Gasteiger partial charge on any atom is -0.0665 e. The van der Waals surface area contributed by atoms with Crippen molar-refractivity contribution in [3.05, 3.63) is 110 Å². The summed E-state index contributed by atoms with van der Waals surface area (Å²) in [5.74, 6) is 0.497. The number of benzene rings is 3. The van der Waals surface area contributed by atoms with Gasteiger partial charge in [0.1, 0.15) is 8.80 Å². The van der Waals surface area contributed by atoms with Crippen LogP contribution in [0.4, 0.5) is 0 Å². The van der Waals surface area contributed by atoms with Crippen molar-refractivity contribution in [3.8, 4) is 0 Å². The molecule has 0 radical (unpaired) electrons. The Morgan fingerprint density at radius 1 is 0.590 bits per heavy atom. The van der Waals surface area contributed by atoms with Gasteiger partial charge < -0.3 is 0 Å². The van der Waals surface area contributed by atoms with E-state index in [1.54, 1.807) is 21.1 Å². The Hall–Kier alpha value is -2.64. The fourth-order valence-electron chi connectivity index (χ4n) is 6.26. The molecule has 1 aliphatic carbocycles. The zero-order valence-corrected chi connectivity index (χ0v) is 27.8. The highest BCUT2D eigenvalue weighted by Gasteiger charge is 2.31. The summed E-state index contributed by atoms with van der Waals surface area (Å²) in [4.78, 5) is 0. The molecule has 206 valence electrons. The van der Waals surface area contributed by atoms with Crippen LogP contribution in [0.15, 0.2) is 71.4 Å². The molecule has 0 amide bonds. The second kappa shape index (κ2) is 10.7. The summed E-state index contributed by atoms with van der Waals surface area (Å²) >= 11 is 0. The Labute approximate surface area is 240 Å². The number of rotatable bonds is 5. The molecule has 0 nitrogen and oxygen atoms in total. The molecule has 39 heavy (non-hydrogen) atoms. The molecule has 3 aromatic rings.